The average molecular weight is 259 g/mol. The lowest BCUT2D eigenvalue weighted by Gasteiger charge is -2.04. The molecule has 0 aliphatic heterocycles. The van der Waals surface area contributed by atoms with Crippen molar-refractivity contribution in [1.82, 2.24) is 15.0 Å². The highest BCUT2D eigenvalue weighted by atomic mass is 16.5. The molecule has 2 heterocycles. The molecule has 1 N–H and O–H groups in total. The molecule has 2 rings (SSSR count). The van der Waals surface area contributed by atoms with E-state index in [-0.39, 0.29) is 11.7 Å². The number of carboxylic acids is 1. The molecule has 6 nitrogen and oxygen atoms in total. The average Bonchev–Trinajstić information content (AvgIpc) is 2.45. The van der Waals surface area contributed by atoms with Gasteiger partial charge in [-0.2, -0.15) is 4.98 Å². The van der Waals surface area contributed by atoms with Gasteiger partial charge in [-0.15, -0.1) is 0 Å². The minimum Gasteiger partial charge on any atom is -0.477 e. The molecule has 0 saturated carbocycles. The number of aromatic nitrogens is 3. The second-order valence-electron chi connectivity index (χ2n) is 3.84. The SMILES string of the molecule is O=C(O)c1ccnc(OCCCc2ccncc2)n1. The Balaban J connectivity index is 1.80. The van der Waals surface area contributed by atoms with Crippen LogP contribution in [0.5, 0.6) is 6.01 Å². The predicted molar refractivity (Wildman–Crippen MR) is 67.0 cm³/mol. The molecule has 0 saturated heterocycles. The summed E-state index contributed by atoms with van der Waals surface area (Å²) in [5, 5.41) is 8.78. The number of nitrogens with zero attached hydrogens (tertiary/aromatic N) is 3. The molecule has 6 heteroatoms. The van der Waals surface area contributed by atoms with Gasteiger partial charge in [0.25, 0.3) is 0 Å². The molecule has 2 aromatic rings. The Morgan fingerprint density at radius 2 is 2.00 bits per heavy atom. The van der Waals surface area contributed by atoms with Crippen LogP contribution in [0, 0.1) is 0 Å². The summed E-state index contributed by atoms with van der Waals surface area (Å²) in [4.78, 5) is 22.3. The number of rotatable bonds is 6. The van der Waals surface area contributed by atoms with E-state index < -0.39 is 5.97 Å². The first kappa shape index (κ1) is 12.9. The fourth-order valence-corrected chi connectivity index (χ4v) is 1.52. The van der Waals surface area contributed by atoms with Gasteiger partial charge in [0.1, 0.15) is 0 Å². The molecule has 0 fully saturated rings. The number of carboxylic acid groups (broad SMARTS) is 1. The molecule has 0 aromatic carbocycles. The van der Waals surface area contributed by atoms with Gasteiger partial charge in [0.05, 0.1) is 6.61 Å². The van der Waals surface area contributed by atoms with Gasteiger partial charge in [0, 0.05) is 18.6 Å². The van der Waals surface area contributed by atoms with Gasteiger partial charge in [0.15, 0.2) is 5.69 Å². The zero-order chi connectivity index (χ0) is 13.5. The number of aryl methyl sites for hydroxylation is 1. The van der Waals surface area contributed by atoms with Crippen LogP contribution in [0.1, 0.15) is 22.5 Å². The Bertz CT molecular complexity index is 546. The van der Waals surface area contributed by atoms with Crippen LogP contribution in [-0.2, 0) is 6.42 Å². The third-order valence-corrected chi connectivity index (χ3v) is 2.44. The maximum absolute atomic E-state index is 10.7. The van der Waals surface area contributed by atoms with E-state index >= 15 is 0 Å². The molecule has 0 aliphatic rings. The van der Waals surface area contributed by atoms with E-state index in [1.165, 1.54) is 17.8 Å². The van der Waals surface area contributed by atoms with E-state index in [0.29, 0.717) is 6.61 Å². The Labute approximate surface area is 110 Å². The Kier molecular flexibility index (Phi) is 4.39. The van der Waals surface area contributed by atoms with Crippen LogP contribution in [0.4, 0.5) is 0 Å². The highest BCUT2D eigenvalue weighted by Crippen LogP contribution is 2.05. The molecule has 98 valence electrons. The third-order valence-electron chi connectivity index (χ3n) is 2.44. The largest absolute Gasteiger partial charge is 0.477 e. The summed E-state index contributed by atoms with van der Waals surface area (Å²) in [5.41, 5.74) is 1.11. The smallest absolute Gasteiger partial charge is 0.354 e. The quantitative estimate of drug-likeness (QED) is 0.793. The highest BCUT2D eigenvalue weighted by Gasteiger charge is 2.06. The van der Waals surface area contributed by atoms with Gasteiger partial charge in [-0.3, -0.25) is 4.98 Å². The van der Waals surface area contributed by atoms with Crippen LogP contribution in [0.2, 0.25) is 0 Å². The summed E-state index contributed by atoms with van der Waals surface area (Å²) in [6.45, 7) is 0.436. The lowest BCUT2D eigenvalue weighted by molar-refractivity contribution is 0.0688. The molecule has 0 aliphatic carbocycles. The molecule has 0 bridgehead atoms. The first-order valence-electron chi connectivity index (χ1n) is 5.84. The lowest BCUT2D eigenvalue weighted by atomic mass is 10.1. The van der Waals surface area contributed by atoms with E-state index in [2.05, 4.69) is 15.0 Å². The van der Waals surface area contributed by atoms with Crippen LogP contribution < -0.4 is 4.74 Å². The standard InChI is InChI=1S/C13H13N3O3/c17-12(18)11-5-8-15-13(16-11)19-9-1-2-10-3-6-14-7-4-10/h3-8H,1-2,9H2,(H,17,18). The van der Waals surface area contributed by atoms with Crippen LogP contribution in [0.15, 0.2) is 36.8 Å². The monoisotopic (exact) mass is 259 g/mol. The Morgan fingerprint density at radius 1 is 1.21 bits per heavy atom. The van der Waals surface area contributed by atoms with Crippen molar-refractivity contribution in [3.63, 3.8) is 0 Å². The van der Waals surface area contributed by atoms with Crippen molar-refractivity contribution in [2.24, 2.45) is 0 Å². The van der Waals surface area contributed by atoms with Crippen molar-refractivity contribution in [3.8, 4) is 6.01 Å². The molecule has 0 radical (unpaired) electrons. The number of hydrogen-bond acceptors (Lipinski definition) is 5. The molecule has 19 heavy (non-hydrogen) atoms. The molecule has 0 atom stereocenters. The maximum atomic E-state index is 10.7. The zero-order valence-electron chi connectivity index (χ0n) is 10.2. The van der Waals surface area contributed by atoms with E-state index in [9.17, 15) is 4.79 Å². The maximum Gasteiger partial charge on any atom is 0.354 e. The van der Waals surface area contributed by atoms with Gasteiger partial charge in [-0.1, -0.05) is 0 Å². The van der Waals surface area contributed by atoms with Crippen molar-refractivity contribution in [3.05, 3.63) is 48.0 Å². The van der Waals surface area contributed by atoms with Gasteiger partial charge in [-0.25, -0.2) is 9.78 Å². The molecular formula is C13H13N3O3. The van der Waals surface area contributed by atoms with Gasteiger partial charge in [-0.05, 0) is 36.6 Å². The van der Waals surface area contributed by atoms with Crippen LogP contribution >= 0.6 is 0 Å². The number of hydrogen-bond donors (Lipinski definition) is 1. The predicted octanol–water partition coefficient (Wildman–Crippen LogP) is 1.58. The van der Waals surface area contributed by atoms with E-state index in [1.54, 1.807) is 12.4 Å². The van der Waals surface area contributed by atoms with Crippen LogP contribution in [0.3, 0.4) is 0 Å². The first-order chi connectivity index (χ1) is 9.25. The van der Waals surface area contributed by atoms with Crippen molar-refractivity contribution in [2.45, 2.75) is 12.8 Å². The summed E-state index contributed by atoms with van der Waals surface area (Å²) in [6, 6.07) is 5.31. The van der Waals surface area contributed by atoms with Crippen molar-refractivity contribution in [1.29, 1.82) is 0 Å². The summed E-state index contributed by atoms with van der Waals surface area (Å²) in [5.74, 6) is -1.09. The van der Waals surface area contributed by atoms with Crippen molar-refractivity contribution >= 4 is 5.97 Å². The van der Waals surface area contributed by atoms with Crippen molar-refractivity contribution < 1.29 is 14.6 Å². The Morgan fingerprint density at radius 3 is 2.74 bits per heavy atom. The summed E-state index contributed by atoms with van der Waals surface area (Å²) < 4.78 is 5.32. The highest BCUT2D eigenvalue weighted by molar-refractivity contribution is 5.85. The third kappa shape index (κ3) is 4.02. The summed E-state index contributed by atoms with van der Waals surface area (Å²) in [7, 11) is 0. The van der Waals surface area contributed by atoms with E-state index in [4.69, 9.17) is 9.84 Å². The lowest BCUT2D eigenvalue weighted by Crippen LogP contribution is -2.06. The molecule has 0 spiro atoms. The van der Waals surface area contributed by atoms with E-state index in [0.717, 1.165) is 12.8 Å². The number of ether oxygens (including phenoxy) is 1. The normalized spacial score (nSPS) is 10.1. The topological polar surface area (TPSA) is 85.2 Å². The number of aromatic carboxylic acids is 1. The van der Waals surface area contributed by atoms with Crippen LogP contribution in [-0.4, -0.2) is 32.6 Å². The van der Waals surface area contributed by atoms with Gasteiger partial charge in [0.2, 0.25) is 0 Å². The minimum atomic E-state index is -1.09. The van der Waals surface area contributed by atoms with Gasteiger partial charge >= 0.3 is 12.0 Å². The number of carbonyl (C=O) groups is 1. The molecular weight excluding hydrogens is 246 g/mol. The summed E-state index contributed by atoms with van der Waals surface area (Å²) >= 11 is 0. The second kappa shape index (κ2) is 6.44. The first-order valence-corrected chi connectivity index (χ1v) is 5.84. The molecule has 0 unspecified atom stereocenters. The minimum absolute atomic E-state index is 0.0702. The van der Waals surface area contributed by atoms with Crippen molar-refractivity contribution in [2.75, 3.05) is 6.61 Å². The zero-order valence-corrected chi connectivity index (χ0v) is 10.2. The number of pyridine rings is 1. The molecule has 0 amide bonds. The summed E-state index contributed by atoms with van der Waals surface area (Å²) in [6.07, 6.45) is 6.52. The second-order valence-corrected chi connectivity index (χ2v) is 3.84. The fourth-order valence-electron chi connectivity index (χ4n) is 1.52. The fraction of sp³-hybridized carbons (Fsp3) is 0.231. The van der Waals surface area contributed by atoms with Gasteiger partial charge < -0.3 is 9.84 Å². The Hall–Kier alpha value is -2.50. The molecule has 2 aromatic heterocycles. The van der Waals surface area contributed by atoms with Crippen LogP contribution in [0.25, 0.3) is 0 Å². The van der Waals surface area contributed by atoms with E-state index in [1.807, 2.05) is 12.1 Å².